The van der Waals surface area contributed by atoms with Crippen molar-refractivity contribution in [3.63, 3.8) is 0 Å². The Hall–Kier alpha value is -4.21. The molecular formula is C33H35N3O6. The average Bonchev–Trinajstić information content (AvgIpc) is 3.65. The molecule has 0 radical (unpaired) electrons. The molecule has 3 aromatic rings. The van der Waals surface area contributed by atoms with Crippen LogP contribution >= 0.6 is 0 Å². The number of aliphatic hydroxyl groups excluding tert-OH is 1. The second-order valence-corrected chi connectivity index (χ2v) is 11.2. The summed E-state index contributed by atoms with van der Waals surface area (Å²) in [7, 11) is 0. The van der Waals surface area contributed by atoms with Crippen molar-refractivity contribution in [1.82, 2.24) is 4.90 Å². The fourth-order valence-corrected chi connectivity index (χ4v) is 6.44. The van der Waals surface area contributed by atoms with E-state index in [0.29, 0.717) is 32.7 Å². The molecule has 2 saturated heterocycles. The first-order chi connectivity index (χ1) is 20.4. The van der Waals surface area contributed by atoms with Crippen molar-refractivity contribution in [2.75, 3.05) is 36.1 Å². The molecule has 0 bridgehead atoms. The quantitative estimate of drug-likeness (QED) is 0.414. The number of hydrogen-bond acceptors (Lipinski definition) is 6. The number of amides is 3. The molecule has 2 fully saturated rings. The lowest BCUT2D eigenvalue weighted by atomic mass is 9.83. The Morgan fingerprint density at radius 1 is 1.00 bits per heavy atom. The van der Waals surface area contributed by atoms with Crippen LogP contribution in [-0.2, 0) is 37.8 Å². The molecule has 1 spiro atoms. The number of para-hydroxylation sites is 1. The molecule has 1 N–H and O–H groups in total. The molecule has 3 atom stereocenters. The summed E-state index contributed by atoms with van der Waals surface area (Å²) in [5.41, 5.74) is 3.13. The van der Waals surface area contributed by atoms with Gasteiger partial charge in [-0.1, -0.05) is 67.6 Å². The highest BCUT2D eigenvalue weighted by atomic mass is 16.6. The summed E-state index contributed by atoms with van der Waals surface area (Å²) < 4.78 is 11.7. The molecule has 9 nitrogen and oxygen atoms in total. The summed E-state index contributed by atoms with van der Waals surface area (Å²) in [5.74, 6) is -0.382. The molecular weight excluding hydrogens is 534 g/mol. The Morgan fingerprint density at radius 3 is 2.45 bits per heavy atom. The van der Waals surface area contributed by atoms with Crippen LogP contribution in [0.3, 0.4) is 0 Å². The van der Waals surface area contributed by atoms with Gasteiger partial charge in [-0.25, -0.2) is 4.79 Å². The number of hydrogen-bond donors (Lipinski definition) is 1. The Morgan fingerprint density at radius 2 is 1.74 bits per heavy atom. The average molecular weight is 570 g/mol. The van der Waals surface area contributed by atoms with Gasteiger partial charge in [-0.2, -0.15) is 0 Å². The third kappa shape index (κ3) is 5.03. The van der Waals surface area contributed by atoms with E-state index in [9.17, 15) is 19.5 Å². The molecule has 0 saturated carbocycles. The molecule has 42 heavy (non-hydrogen) atoms. The van der Waals surface area contributed by atoms with Crippen LogP contribution in [0.4, 0.5) is 16.2 Å². The number of ether oxygens (including phenoxy) is 2. The number of benzene rings is 3. The number of carbonyl (C=O) groups excluding carboxylic acids is 3. The lowest BCUT2D eigenvalue weighted by Gasteiger charge is -2.28. The van der Waals surface area contributed by atoms with Gasteiger partial charge in [0.2, 0.25) is 5.91 Å². The van der Waals surface area contributed by atoms with Crippen molar-refractivity contribution in [2.24, 2.45) is 5.92 Å². The minimum absolute atomic E-state index is 0.111. The molecule has 218 valence electrons. The van der Waals surface area contributed by atoms with Crippen LogP contribution in [0.15, 0.2) is 78.9 Å². The zero-order valence-electron chi connectivity index (χ0n) is 23.6. The second-order valence-electron chi connectivity index (χ2n) is 11.2. The van der Waals surface area contributed by atoms with Gasteiger partial charge < -0.3 is 24.4 Å². The summed E-state index contributed by atoms with van der Waals surface area (Å²) in [5, 5.41) is 9.61. The summed E-state index contributed by atoms with van der Waals surface area (Å²) in [6, 6.07) is 25.0. The van der Waals surface area contributed by atoms with E-state index in [1.165, 1.54) is 0 Å². The molecule has 3 heterocycles. The summed E-state index contributed by atoms with van der Waals surface area (Å²) >= 11 is 0. The number of cyclic esters (lactones) is 1. The number of aliphatic hydroxyl groups is 1. The van der Waals surface area contributed by atoms with Gasteiger partial charge in [-0.15, -0.1) is 0 Å². The highest BCUT2D eigenvalue weighted by Gasteiger charge is 2.60. The largest absolute Gasteiger partial charge is 0.447 e. The highest BCUT2D eigenvalue weighted by Crippen LogP contribution is 2.53. The molecule has 3 aliphatic rings. The Labute approximate surface area is 245 Å². The third-order valence-electron chi connectivity index (χ3n) is 8.51. The lowest BCUT2D eigenvalue weighted by Crippen LogP contribution is -2.44. The number of rotatable bonds is 9. The van der Waals surface area contributed by atoms with E-state index in [2.05, 4.69) is 0 Å². The van der Waals surface area contributed by atoms with E-state index in [0.717, 1.165) is 28.1 Å². The monoisotopic (exact) mass is 569 g/mol. The SMILES string of the molecule is C[C@H]1C[C@@H](CC(=O)N(CCO)Cc2ccccc2)O[C@]12C(=O)N(Cc1ccc(N3CCOC3=O)cc1)c1ccccc12. The van der Waals surface area contributed by atoms with Crippen LogP contribution in [0.5, 0.6) is 0 Å². The van der Waals surface area contributed by atoms with Crippen molar-refractivity contribution >= 4 is 29.3 Å². The fourth-order valence-electron chi connectivity index (χ4n) is 6.44. The summed E-state index contributed by atoms with van der Waals surface area (Å²) in [6.45, 7) is 3.76. The van der Waals surface area contributed by atoms with Gasteiger partial charge in [0.15, 0.2) is 5.60 Å². The van der Waals surface area contributed by atoms with Crippen LogP contribution in [-0.4, -0.2) is 60.3 Å². The van der Waals surface area contributed by atoms with Crippen molar-refractivity contribution in [3.8, 4) is 0 Å². The van der Waals surface area contributed by atoms with Crippen LogP contribution in [0.1, 0.15) is 36.5 Å². The minimum Gasteiger partial charge on any atom is -0.447 e. The maximum Gasteiger partial charge on any atom is 0.414 e. The molecule has 0 aromatic heterocycles. The van der Waals surface area contributed by atoms with E-state index >= 15 is 0 Å². The predicted molar refractivity (Wildman–Crippen MR) is 157 cm³/mol. The van der Waals surface area contributed by atoms with E-state index in [1.807, 2.05) is 85.8 Å². The molecule has 0 unspecified atom stereocenters. The molecule has 0 aliphatic carbocycles. The summed E-state index contributed by atoms with van der Waals surface area (Å²) in [6.07, 6.45) is -0.0814. The van der Waals surface area contributed by atoms with Gasteiger partial charge in [-0.05, 0) is 35.7 Å². The van der Waals surface area contributed by atoms with Crippen molar-refractivity contribution in [3.05, 3.63) is 95.6 Å². The van der Waals surface area contributed by atoms with E-state index < -0.39 is 11.7 Å². The minimum atomic E-state index is -1.16. The molecule has 3 amide bonds. The zero-order valence-corrected chi connectivity index (χ0v) is 23.6. The van der Waals surface area contributed by atoms with Crippen molar-refractivity contribution in [2.45, 2.75) is 44.6 Å². The van der Waals surface area contributed by atoms with Gasteiger partial charge in [0.05, 0.1) is 37.9 Å². The number of nitrogens with zero attached hydrogens (tertiary/aromatic N) is 3. The first kappa shape index (κ1) is 27.9. The number of fused-ring (bicyclic) bond motifs is 2. The van der Waals surface area contributed by atoms with Gasteiger partial charge >= 0.3 is 6.09 Å². The fraction of sp³-hybridized carbons (Fsp3) is 0.364. The van der Waals surface area contributed by atoms with Crippen LogP contribution in [0.25, 0.3) is 0 Å². The van der Waals surface area contributed by atoms with E-state index in [-0.39, 0.29) is 43.4 Å². The zero-order chi connectivity index (χ0) is 29.3. The van der Waals surface area contributed by atoms with Gasteiger partial charge in [0.25, 0.3) is 5.91 Å². The van der Waals surface area contributed by atoms with Crippen LogP contribution in [0, 0.1) is 5.92 Å². The van der Waals surface area contributed by atoms with E-state index in [4.69, 9.17) is 9.47 Å². The number of carbonyl (C=O) groups is 3. The van der Waals surface area contributed by atoms with Gasteiger partial charge in [-0.3, -0.25) is 14.5 Å². The molecule has 3 aromatic carbocycles. The van der Waals surface area contributed by atoms with Gasteiger partial charge in [0, 0.05) is 30.3 Å². The second kappa shape index (κ2) is 11.6. The van der Waals surface area contributed by atoms with Gasteiger partial charge in [0.1, 0.15) is 6.61 Å². The Bertz CT molecular complexity index is 1460. The predicted octanol–water partition coefficient (Wildman–Crippen LogP) is 4.22. The molecule has 9 heteroatoms. The Kier molecular flexibility index (Phi) is 7.70. The normalized spacial score (nSPS) is 23.0. The van der Waals surface area contributed by atoms with Crippen LogP contribution in [0.2, 0.25) is 0 Å². The maximum absolute atomic E-state index is 14.2. The highest BCUT2D eigenvalue weighted by molar-refractivity contribution is 6.07. The Balaban J connectivity index is 1.19. The topological polar surface area (TPSA) is 99.6 Å². The van der Waals surface area contributed by atoms with Crippen molar-refractivity contribution < 1.29 is 29.0 Å². The lowest BCUT2D eigenvalue weighted by molar-refractivity contribution is -0.150. The first-order valence-corrected chi connectivity index (χ1v) is 14.5. The third-order valence-corrected chi connectivity index (χ3v) is 8.51. The molecule has 3 aliphatic heterocycles. The summed E-state index contributed by atoms with van der Waals surface area (Å²) in [4.78, 5) is 44.6. The van der Waals surface area contributed by atoms with Crippen LogP contribution < -0.4 is 9.80 Å². The standard InChI is InChI=1S/C33H35N3O6/c1-23-19-27(20-30(38)34(15-17-37)21-24-7-3-2-4-8-24)42-33(23)28-9-5-6-10-29(28)36(31(33)39)22-25-11-13-26(14-12-25)35-16-18-41-32(35)40/h2-14,23,27,37H,15-22H2,1H3/t23-,27-,33+/m0/s1. The smallest absolute Gasteiger partial charge is 0.414 e. The first-order valence-electron chi connectivity index (χ1n) is 14.5. The maximum atomic E-state index is 14.2. The van der Waals surface area contributed by atoms with Crippen molar-refractivity contribution in [1.29, 1.82) is 0 Å². The molecule has 6 rings (SSSR count). The number of anilines is 2. The van der Waals surface area contributed by atoms with E-state index in [1.54, 1.807) is 14.7 Å².